The molecule has 2 unspecified atom stereocenters. The zero-order valence-corrected chi connectivity index (χ0v) is 27.0. The van der Waals surface area contributed by atoms with Gasteiger partial charge in [0.15, 0.2) is 5.78 Å². The number of anilines is 2. The van der Waals surface area contributed by atoms with Crippen molar-refractivity contribution in [1.82, 2.24) is 15.3 Å². The third kappa shape index (κ3) is 5.40. The average Bonchev–Trinajstić information content (AvgIpc) is 3.82. The third-order valence-electron chi connectivity index (χ3n) is 11.1. The molecule has 2 saturated carbocycles. The number of fused-ring (bicyclic) bond motifs is 6. The Morgan fingerprint density at radius 3 is 2.60 bits per heavy atom. The first kappa shape index (κ1) is 30.6. The van der Waals surface area contributed by atoms with Gasteiger partial charge < -0.3 is 25.6 Å². The van der Waals surface area contributed by atoms with Gasteiger partial charge in [0, 0.05) is 22.9 Å². The van der Waals surface area contributed by atoms with Crippen molar-refractivity contribution in [1.29, 1.82) is 0 Å². The molecule has 0 radical (unpaired) electrons. The van der Waals surface area contributed by atoms with Crippen molar-refractivity contribution < 1.29 is 19.5 Å². The summed E-state index contributed by atoms with van der Waals surface area (Å²) in [6.45, 7) is -0.282. The number of imidazole rings is 1. The first-order chi connectivity index (χ1) is 23.4. The Balaban J connectivity index is 1.12. The second-order valence-electron chi connectivity index (χ2n) is 14.0. The Morgan fingerprint density at radius 2 is 1.79 bits per heavy atom. The van der Waals surface area contributed by atoms with Gasteiger partial charge in [-0.05, 0) is 84.7 Å². The molecule has 2 amide bonds. The van der Waals surface area contributed by atoms with E-state index in [0.717, 1.165) is 65.0 Å². The molecule has 2 atom stereocenters. The number of aliphatic hydroxyl groups is 1. The Kier molecular flexibility index (Phi) is 7.87. The van der Waals surface area contributed by atoms with Crippen LogP contribution >= 0.6 is 0 Å². The van der Waals surface area contributed by atoms with E-state index in [1.54, 1.807) is 6.08 Å². The zero-order valence-electron chi connectivity index (χ0n) is 27.0. The quantitative estimate of drug-likeness (QED) is 0.170. The van der Waals surface area contributed by atoms with Crippen LogP contribution in [0.2, 0.25) is 0 Å². The molecule has 0 spiro atoms. The van der Waals surface area contributed by atoms with Gasteiger partial charge in [-0.3, -0.25) is 14.4 Å². The fraction of sp³-hybridized carbons (Fsp3) is 0.385. The van der Waals surface area contributed by atoms with Gasteiger partial charge in [-0.25, -0.2) is 4.98 Å². The van der Waals surface area contributed by atoms with E-state index in [0.29, 0.717) is 11.5 Å². The molecule has 246 valence electrons. The number of para-hydroxylation sites is 1. The van der Waals surface area contributed by atoms with Crippen molar-refractivity contribution in [3.63, 3.8) is 0 Å². The minimum Gasteiger partial charge on any atom is -0.388 e. The number of amides is 2. The molecule has 3 heterocycles. The highest BCUT2D eigenvalue weighted by atomic mass is 16.3. The van der Waals surface area contributed by atoms with Gasteiger partial charge in [0.25, 0.3) is 5.91 Å². The van der Waals surface area contributed by atoms with Gasteiger partial charge in [0.1, 0.15) is 12.4 Å². The van der Waals surface area contributed by atoms with Gasteiger partial charge >= 0.3 is 0 Å². The molecule has 4 aromatic rings. The second kappa shape index (κ2) is 12.4. The highest BCUT2D eigenvalue weighted by Crippen LogP contribution is 2.56. The van der Waals surface area contributed by atoms with Crippen LogP contribution in [0.5, 0.6) is 0 Å². The van der Waals surface area contributed by atoms with Crippen LogP contribution in [0.4, 0.5) is 11.4 Å². The van der Waals surface area contributed by atoms with E-state index >= 15 is 0 Å². The maximum atomic E-state index is 14.2. The number of rotatable bonds is 7. The number of aromatic amines is 1. The summed E-state index contributed by atoms with van der Waals surface area (Å²) in [4.78, 5) is 49.7. The average molecular weight is 644 g/mol. The van der Waals surface area contributed by atoms with E-state index < -0.39 is 12.1 Å². The molecule has 9 nitrogen and oxygen atoms in total. The minimum atomic E-state index is -0.632. The molecule has 1 aromatic heterocycles. The molecule has 2 aliphatic carbocycles. The maximum absolute atomic E-state index is 14.2. The predicted molar refractivity (Wildman–Crippen MR) is 186 cm³/mol. The van der Waals surface area contributed by atoms with E-state index in [2.05, 4.69) is 38.7 Å². The number of aromatic nitrogens is 2. The molecular weight excluding hydrogens is 602 g/mol. The number of carbonyl (C=O) groups is 3. The summed E-state index contributed by atoms with van der Waals surface area (Å²) >= 11 is 0. The highest BCUT2D eigenvalue weighted by molar-refractivity contribution is 5.99. The number of hydrogen-bond acceptors (Lipinski definition) is 6. The van der Waals surface area contributed by atoms with Crippen molar-refractivity contribution in [2.45, 2.75) is 75.3 Å². The van der Waals surface area contributed by atoms with Gasteiger partial charge in [-0.1, -0.05) is 68.5 Å². The lowest BCUT2D eigenvalue weighted by Crippen LogP contribution is -2.44. The number of hydrogen-bond donors (Lipinski definition) is 4. The molecule has 2 fully saturated rings. The molecule has 0 bridgehead atoms. The summed E-state index contributed by atoms with van der Waals surface area (Å²) < 4.78 is 0. The van der Waals surface area contributed by atoms with E-state index in [1.807, 2.05) is 42.5 Å². The minimum absolute atomic E-state index is 0.0368. The van der Waals surface area contributed by atoms with Gasteiger partial charge in [-0.2, -0.15) is 0 Å². The third-order valence-corrected chi connectivity index (χ3v) is 11.1. The lowest BCUT2D eigenvalue weighted by Gasteiger charge is -2.35. The number of benzene rings is 3. The van der Waals surface area contributed by atoms with Crippen molar-refractivity contribution in [3.05, 3.63) is 94.8 Å². The number of nitrogens with one attached hydrogen (secondary N) is 3. The van der Waals surface area contributed by atoms with Crippen molar-refractivity contribution >= 4 is 46.1 Å². The zero-order chi connectivity index (χ0) is 32.8. The normalized spacial score (nSPS) is 21.9. The summed E-state index contributed by atoms with van der Waals surface area (Å²) in [6.07, 6.45) is 12.6. The van der Waals surface area contributed by atoms with Gasteiger partial charge in [-0.15, -0.1) is 0 Å². The maximum Gasteiger partial charge on any atom is 0.252 e. The standard InChI is InChI=1S/C39H41N5O4/c45-23-27(46)15-12-24-13-17-31-32(20-24)42-38(41-31)39(18-6-7-19-39)43-37(48)26-14-16-29-33(21-26)44-22-34(47)40-30-11-5-4-10-28(30)36(44)35(29)25-8-2-1-3-9-25/h4-5,10-17,20-21,25,35-36,45H,1-3,6-9,18-19,22-23H2,(H,40,47)(H,41,42)(H,43,48)/b15-12+. The topological polar surface area (TPSA) is 127 Å². The molecule has 4 N–H and O–H groups in total. The van der Waals surface area contributed by atoms with Crippen LogP contribution in [-0.4, -0.2) is 45.8 Å². The van der Waals surface area contributed by atoms with Gasteiger partial charge in [0.2, 0.25) is 5.91 Å². The SMILES string of the molecule is O=C(/C=C/c1ccc2[nH]c(C3(NC(=O)c4ccc5c(c4)N4CC(=O)Nc6ccccc6C4C5C4CCCCC4)CCCC3)nc2c1)CO. The molecule has 48 heavy (non-hydrogen) atoms. The summed E-state index contributed by atoms with van der Waals surface area (Å²) in [5, 5.41) is 15.6. The summed E-state index contributed by atoms with van der Waals surface area (Å²) in [6, 6.07) is 20.1. The number of ketones is 1. The lowest BCUT2D eigenvalue weighted by molar-refractivity contribution is -0.117. The van der Waals surface area contributed by atoms with E-state index in [9.17, 15) is 14.4 Å². The first-order valence-corrected chi connectivity index (χ1v) is 17.4. The smallest absolute Gasteiger partial charge is 0.252 e. The van der Waals surface area contributed by atoms with E-state index in [1.165, 1.54) is 43.7 Å². The number of nitrogens with zero attached hydrogens (tertiary/aromatic N) is 2. The van der Waals surface area contributed by atoms with Gasteiger partial charge in [0.05, 0.1) is 29.2 Å². The first-order valence-electron chi connectivity index (χ1n) is 17.4. The largest absolute Gasteiger partial charge is 0.388 e. The Hall–Kier alpha value is -4.76. The predicted octanol–water partition coefficient (Wildman–Crippen LogP) is 6.51. The Labute approximate surface area is 279 Å². The fourth-order valence-electron chi connectivity index (χ4n) is 8.78. The molecule has 0 saturated heterocycles. The van der Waals surface area contributed by atoms with Crippen LogP contribution < -0.4 is 15.5 Å². The van der Waals surface area contributed by atoms with Crippen LogP contribution in [0.25, 0.3) is 17.1 Å². The monoisotopic (exact) mass is 643 g/mol. The number of carbonyl (C=O) groups excluding carboxylic acids is 3. The van der Waals surface area contributed by atoms with Crippen LogP contribution in [0.3, 0.4) is 0 Å². The molecule has 2 aliphatic heterocycles. The van der Waals surface area contributed by atoms with Crippen LogP contribution in [0.1, 0.15) is 103 Å². The highest BCUT2D eigenvalue weighted by Gasteiger charge is 2.47. The summed E-state index contributed by atoms with van der Waals surface area (Å²) in [7, 11) is 0. The molecule has 4 aliphatic rings. The van der Waals surface area contributed by atoms with Crippen LogP contribution in [0, 0.1) is 5.92 Å². The molecular formula is C39H41N5O4. The molecule has 3 aromatic carbocycles. The number of aliphatic hydroxyl groups excluding tert-OH is 1. The molecule has 8 rings (SSSR count). The summed E-state index contributed by atoms with van der Waals surface area (Å²) in [5.41, 5.74) is 6.62. The van der Waals surface area contributed by atoms with Crippen molar-refractivity contribution in [3.8, 4) is 0 Å². The molecule has 9 heteroatoms. The van der Waals surface area contributed by atoms with Crippen molar-refractivity contribution in [2.75, 3.05) is 23.4 Å². The van der Waals surface area contributed by atoms with E-state index in [4.69, 9.17) is 10.1 Å². The van der Waals surface area contributed by atoms with Crippen LogP contribution in [0.15, 0.2) is 66.7 Å². The van der Waals surface area contributed by atoms with Crippen LogP contribution in [-0.2, 0) is 15.1 Å². The Bertz CT molecular complexity index is 1930. The number of H-pyrrole nitrogens is 1. The Morgan fingerprint density at radius 1 is 0.979 bits per heavy atom. The second-order valence-corrected chi connectivity index (χ2v) is 14.0. The fourth-order valence-corrected chi connectivity index (χ4v) is 8.78. The van der Waals surface area contributed by atoms with E-state index in [-0.39, 0.29) is 36.1 Å². The van der Waals surface area contributed by atoms with Crippen molar-refractivity contribution in [2.24, 2.45) is 5.92 Å². The summed E-state index contributed by atoms with van der Waals surface area (Å²) in [5.74, 6) is 0.960. The lowest BCUT2D eigenvalue weighted by atomic mass is 9.73.